The van der Waals surface area contributed by atoms with E-state index in [1.807, 2.05) is 60.7 Å². The van der Waals surface area contributed by atoms with Gasteiger partial charge in [0, 0.05) is 16.7 Å². The van der Waals surface area contributed by atoms with Crippen LogP contribution in [0.2, 0.25) is 0 Å². The molecule has 2 aromatic heterocycles. The molecule has 9 nitrogen and oxygen atoms in total. The molecule has 4 aromatic carbocycles. The molecule has 0 saturated heterocycles. The van der Waals surface area contributed by atoms with Gasteiger partial charge in [0.15, 0.2) is 23.4 Å². The number of rotatable bonds is 9. The van der Waals surface area contributed by atoms with E-state index in [1.54, 1.807) is 42.5 Å². The summed E-state index contributed by atoms with van der Waals surface area (Å²) in [7, 11) is 3.02. The van der Waals surface area contributed by atoms with Crippen LogP contribution in [-0.4, -0.2) is 26.2 Å². The maximum absolute atomic E-state index is 13.7. The SMILES string of the molecule is COc1ccc(-c2oc3ccccc3c(=O)c2OC(C)C(=O)Nc2oc(-c3ccccc3)c(-c3ccccc3)c2C#N)cc1OC. The van der Waals surface area contributed by atoms with Gasteiger partial charge in [-0.1, -0.05) is 72.8 Å². The molecule has 0 bridgehead atoms. The van der Waals surface area contributed by atoms with Crippen molar-refractivity contribution in [2.45, 2.75) is 13.0 Å². The van der Waals surface area contributed by atoms with Crippen molar-refractivity contribution in [2.75, 3.05) is 19.5 Å². The lowest BCUT2D eigenvalue weighted by Gasteiger charge is -2.17. The Morgan fingerprint density at radius 1 is 0.783 bits per heavy atom. The van der Waals surface area contributed by atoms with Gasteiger partial charge < -0.3 is 23.0 Å². The first-order valence-corrected chi connectivity index (χ1v) is 14.4. The predicted octanol–water partition coefficient (Wildman–Crippen LogP) is 7.68. The summed E-state index contributed by atoms with van der Waals surface area (Å²) in [6, 6.07) is 32.6. The Hall–Kier alpha value is -6.27. The quantitative estimate of drug-likeness (QED) is 0.176. The van der Waals surface area contributed by atoms with E-state index in [-0.39, 0.29) is 28.3 Å². The van der Waals surface area contributed by atoms with E-state index >= 15 is 0 Å². The monoisotopic (exact) mass is 612 g/mol. The maximum atomic E-state index is 13.7. The number of carbonyl (C=O) groups is 1. The van der Waals surface area contributed by atoms with Crippen molar-refractivity contribution in [3.8, 4) is 57.1 Å². The number of fused-ring (bicyclic) bond motifs is 1. The Labute approximate surface area is 264 Å². The minimum atomic E-state index is -1.21. The predicted molar refractivity (Wildman–Crippen MR) is 174 cm³/mol. The molecule has 0 aliphatic carbocycles. The van der Waals surface area contributed by atoms with Gasteiger partial charge in [-0.2, -0.15) is 5.26 Å². The fraction of sp³-hybridized carbons (Fsp3) is 0.108. The van der Waals surface area contributed by atoms with Crippen LogP contribution in [0.5, 0.6) is 17.2 Å². The van der Waals surface area contributed by atoms with Gasteiger partial charge in [-0.05, 0) is 42.8 Å². The first kappa shape index (κ1) is 29.8. The molecular formula is C37H28N2O7. The highest BCUT2D eigenvalue weighted by Gasteiger charge is 2.28. The average Bonchev–Trinajstić information content (AvgIpc) is 3.47. The molecule has 0 radical (unpaired) electrons. The highest BCUT2D eigenvalue weighted by Crippen LogP contribution is 2.42. The van der Waals surface area contributed by atoms with Gasteiger partial charge in [-0.15, -0.1) is 0 Å². The smallest absolute Gasteiger partial charge is 0.267 e. The van der Waals surface area contributed by atoms with Gasteiger partial charge in [-0.3, -0.25) is 14.9 Å². The van der Waals surface area contributed by atoms with E-state index in [2.05, 4.69) is 11.4 Å². The lowest BCUT2D eigenvalue weighted by Crippen LogP contribution is -2.32. The molecule has 0 saturated carbocycles. The third-order valence-electron chi connectivity index (χ3n) is 7.42. The molecule has 0 aliphatic heterocycles. The fourth-order valence-electron chi connectivity index (χ4n) is 5.14. The number of anilines is 1. The van der Waals surface area contributed by atoms with Crippen molar-refractivity contribution in [3.63, 3.8) is 0 Å². The topological polar surface area (TPSA) is 124 Å². The summed E-state index contributed by atoms with van der Waals surface area (Å²) < 4.78 is 29.2. The molecule has 46 heavy (non-hydrogen) atoms. The third-order valence-corrected chi connectivity index (χ3v) is 7.42. The number of hydrogen-bond acceptors (Lipinski definition) is 8. The minimum Gasteiger partial charge on any atom is -0.493 e. The number of amides is 1. The van der Waals surface area contributed by atoms with E-state index in [1.165, 1.54) is 21.1 Å². The summed E-state index contributed by atoms with van der Waals surface area (Å²) in [4.78, 5) is 27.4. The van der Waals surface area contributed by atoms with Crippen molar-refractivity contribution in [3.05, 3.63) is 119 Å². The molecule has 228 valence electrons. The van der Waals surface area contributed by atoms with E-state index in [4.69, 9.17) is 23.0 Å². The van der Waals surface area contributed by atoms with Crippen LogP contribution in [0.3, 0.4) is 0 Å². The molecule has 1 N–H and O–H groups in total. The van der Waals surface area contributed by atoms with Gasteiger partial charge >= 0.3 is 0 Å². The van der Waals surface area contributed by atoms with Crippen LogP contribution >= 0.6 is 0 Å². The van der Waals surface area contributed by atoms with Crippen LogP contribution in [0.25, 0.3) is 44.7 Å². The zero-order valence-corrected chi connectivity index (χ0v) is 25.2. The fourth-order valence-corrected chi connectivity index (χ4v) is 5.14. The number of hydrogen-bond donors (Lipinski definition) is 1. The number of carbonyl (C=O) groups excluding carboxylic acids is 1. The van der Waals surface area contributed by atoms with Gasteiger partial charge in [0.25, 0.3) is 5.91 Å². The van der Waals surface area contributed by atoms with Crippen molar-refractivity contribution < 1.29 is 27.8 Å². The van der Waals surface area contributed by atoms with Gasteiger partial charge in [0.2, 0.25) is 17.1 Å². The maximum Gasteiger partial charge on any atom is 0.267 e. The van der Waals surface area contributed by atoms with Crippen molar-refractivity contribution in [1.82, 2.24) is 0 Å². The summed E-state index contributed by atoms with van der Waals surface area (Å²) in [6.45, 7) is 1.49. The standard InChI is InChI=1S/C37H28N2O7/c1-22(36(41)39-37-27(21-38)31(23-12-6-4-7-13-23)33(46-37)24-14-8-5-9-15-24)44-35-32(40)26-16-10-11-17-28(26)45-34(35)25-18-19-29(42-2)30(20-25)43-3/h4-20,22H,1-3H3,(H,39,41). The normalized spacial score (nSPS) is 11.4. The van der Waals surface area contributed by atoms with Crippen LogP contribution in [0, 0.1) is 11.3 Å². The molecular weight excluding hydrogens is 584 g/mol. The lowest BCUT2D eigenvalue weighted by atomic mass is 9.98. The number of nitrogens with zero attached hydrogens (tertiary/aromatic N) is 1. The second kappa shape index (κ2) is 12.8. The van der Waals surface area contributed by atoms with E-state index in [0.717, 1.165) is 11.1 Å². The van der Waals surface area contributed by atoms with E-state index in [0.29, 0.717) is 34.0 Å². The molecule has 9 heteroatoms. The highest BCUT2D eigenvalue weighted by atomic mass is 16.5. The number of nitriles is 1. The largest absolute Gasteiger partial charge is 0.493 e. The van der Waals surface area contributed by atoms with Gasteiger partial charge in [0.1, 0.15) is 23.0 Å². The zero-order valence-electron chi connectivity index (χ0n) is 25.2. The molecule has 0 fully saturated rings. The molecule has 1 unspecified atom stereocenters. The van der Waals surface area contributed by atoms with E-state index < -0.39 is 17.4 Å². The summed E-state index contributed by atoms with van der Waals surface area (Å²) in [6.07, 6.45) is -1.21. The Balaban J connectivity index is 1.39. The van der Waals surface area contributed by atoms with Crippen molar-refractivity contribution >= 4 is 22.8 Å². The highest BCUT2D eigenvalue weighted by molar-refractivity contribution is 5.98. The Kier molecular flexibility index (Phi) is 8.26. The average molecular weight is 613 g/mol. The van der Waals surface area contributed by atoms with Crippen LogP contribution in [-0.2, 0) is 4.79 Å². The molecule has 6 aromatic rings. The Bertz CT molecular complexity index is 2150. The number of ether oxygens (including phenoxy) is 3. The molecule has 0 spiro atoms. The Morgan fingerprint density at radius 3 is 2.11 bits per heavy atom. The number of nitrogens with one attached hydrogen (secondary N) is 1. The first-order chi connectivity index (χ1) is 22.4. The summed E-state index contributed by atoms with van der Waals surface area (Å²) >= 11 is 0. The molecule has 1 amide bonds. The molecule has 2 heterocycles. The number of para-hydroxylation sites is 1. The number of methoxy groups -OCH3 is 2. The second-order valence-corrected chi connectivity index (χ2v) is 10.3. The van der Waals surface area contributed by atoms with Crippen LogP contribution < -0.4 is 25.0 Å². The summed E-state index contributed by atoms with van der Waals surface area (Å²) in [5.74, 6) is 0.597. The first-order valence-electron chi connectivity index (χ1n) is 14.4. The lowest BCUT2D eigenvalue weighted by molar-refractivity contribution is -0.122. The summed E-state index contributed by atoms with van der Waals surface area (Å²) in [5, 5.41) is 13.2. The van der Waals surface area contributed by atoms with E-state index in [9.17, 15) is 14.9 Å². The summed E-state index contributed by atoms with van der Waals surface area (Å²) in [5.41, 5.74) is 2.54. The molecule has 6 rings (SSSR count). The van der Waals surface area contributed by atoms with Gasteiger partial charge in [-0.25, -0.2) is 0 Å². The van der Waals surface area contributed by atoms with Crippen LogP contribution in [0.4, 0.5) is 5.88 Å². The number of benzene rings is 4. The van der Waals surface area contributed by atoms with Gasteiger partial charge in [0.05, 0.1) is 19.6 Å². The Morgan fingerprint density at radius 2 is 1.43 bits per heavy atom. The van der Waals surface area contributed by atoms with Crippen LogP contribution in [0.15, 0.2) is 117 Å². The van der Waals surface area contributed by atoms with Crippen molar-refractivity contribution in [2.24, 2.45) is 0 Å². The third kappa shape index (κ3) is 5.55. The van der Waals surface area contributed by atoms with Crippen LogP contribution in [0.1, 0.15) is 12.5 Å². The molecule has 1 atom stereocenters. The molecule has 0 aliphatic rings. The van der Waals surface area contributed by atoms with Crippen molar-refractivity contribution in [1.29, 1.82) is 5.26 Å². The number of furan rings is 1. The zero-order chi connectivity index (χ0) is 32.2. The second-order valence-electron chi connectivity index (χ2n) is 10.3. The minimum absolute atomic E-state index is 0.0358.